The molecule has 0 aromatic heterocycles. The first-order chi connectivity index (χ1) is 14.4. The van der Waals surface area contributed by atoms with E-state index in [0.29, 0.717) is 5.69 Å². The molecule has 0 atom stereocenters. The predicted molar refractivity (Wildman–Crippen MR) is 121 cm³/mol. The van der Waals surface area contributed by atoms with Crippen molar-refractivity contribution in [1.29, 1.82) is 0 Å². The molecule has 2 aromatic rings. The summed E-state index contributed by atoms with van der Waals surface area (Å²) in [4.78, 5) is 14.8. The van der Waals surface area contributed by atoms with Gasteiger partial charge in [0.15, 0.2) is 0 Å². The topological polar surface area (TPSA) is 81.8 Å². The number of hydrogen-bond acceptors (Lipinski definition) is 5. The molecule has 0 saturated carbocycles. The first-order valence-electron chi connectivity index (χ1n) is 9.96. The van der Waals surface area contributed by atoms with Gasteiger partial charge in [-0.3, -0.25) is 4.79 Å². The van der Waals surface area contributed by atoms with E-state index in [1.165, 1.54) is 48.1 Å². The molecular formula is C22H28N4O3S. The van der Waals surface area contributed by atoms with E-state index >= 15 is 0 Å². The number of carbonyl (C=O) groups excluding carboxylic acids is 1. The Morgan fingerprint density at radius 2 is 1.67 bits per heavy atom. The van der Waals surface area contributed by atoms with Gasteiger partial charge in [-0.15, -0.1) is 6.58 Å². The summed E-state index contributed by atoms with van der Waals surface area (Å²) in [5, 5.41) is 5.87. The molecule has 1 aliphatic rings. The fraction of sp³-hybridized carbons (Fsp3) is 0.318. The number of amides is 1. The molecule has 160 valence electrons. The van der Waals surface area contributed by atoms with Crippen LogP contribution in [0, 0.1) is 0 Å². The quantitative estimate of drug-likeness (QED) is 0.600. The molecule has 0 unspecified atom stereocenters. The normalized spacial score (nSPS) is 14.0. The second-order valence-electron chi connectivity index (χ2n) is 7.24. The number of sulfonamides is 1. The average Bonchev–Trinajstić information content (AvgIpc) is 3.28. The molecule has 3 rings (SSSR count). The molecule has 1 aliphatic heterocycles. The summed E-state index contributed by atoms with van der Waals surface area (Å²) in [7, 11) is -2.04. The number of anilines is 3. The van der Waals surface area contributed by atoms with Crippen LogP contribution in [0.3, 0.4) is 0 Å². The number of rotatable bonds is 9. The van der Waals surface area contributed by atoms with Crippen LogP contribution < -0.4 is 15.5 Å². The van der Waals surface area contributed by atoms with Crippen LogP contribution >= 0.6 is 0 Å². The van der Waals surface area contributed by atoms with Crippen LogP contribution in [0.1, 0.15) is 12.8 Å². The molecule has 0 bridgehead atoms. The van der Waals surface area contributed by atoms with Crippen molar-refractivity contribution >= 4 is 33.0 Å². The largest absolute Gasteiger partial charge is 0.376 e. The van der Waals surface area contributed by atoms with E-state index in [4.69, 9.17) is 0 Å². The fourth-order valence-electron chi connectivity index (χ4n) is 3.32. The molecule has 7 nitrogen and oxygen atoms in total. The van der Waals surface area contributed by atoms with Gasteiger partial charge in [0.25, 0.3) is 0 Å². The molecule has 1 heterocycles. The van der Waals surface area contributed by atoms with Gasteiger partial charge in [-0.1, -0.05) is 6.08 Å². The van der Waals surface area contributed by atoms with Gasteiger partial charge in [-0.2, -0.15) is 4.31 Å². The van der Waals surface area contributed by atoms with Crippen LogP contribution in [-0.2, 0) is 14.8 Å². The second kappa shape index (κ2) is 9.77. The lowest BCUT2D eigenvalue weighted by atomic mass is 10.2. The lowest BCUT2D eigenvalue weighted by molar-refractivity contribution is -0.114. The molecule has 1 amide bonds. The molecule has 2 N–H and O–H groups in total. The molecule has 2 aromatic carbocycles. The van der Waals surface area contributed by atoms with Gasteiger partial charge in [-0.05, 0) is 61.4 Å². The summed E-state index contributed by atoms with van der Waals surface area (Å²) in [5.41, 5.74) is 2.59. The number of hydrogen-bond donors (Lipinski definition) is 2. The van der Waals surface area contributed by atoms with E-state index in [1.54, 1.807) is 12.1 Å². The van der Waals surface area contributed by atoms with Crippen LogP contribution in [0.2, 0.25) is 0 Å². The number of nitrogens with one attached hydrogen (secondary N) is 2. The van der Waals surface area contributed by atoms with Crippen LogP contribution in [-0.4, -0.2) is 51.9 Å². The molecular weight excluding hydrogens is 400 g/mol. The third-order valence-electron chi connectivity index (χ3n) is 5.02. The van der Waals surface area contributed by atoms with Crippen molar-refractivity contribution in [3.8, 4) is 0 Å². The maximum atomic E-state index is 12.4. The molecule has 1 saturated heterocycles. The number of nitrogens with zero attached hydrogens (tertiary/aromatic N) is 2. The second-order valence-corrected chi connectivity index (χ2v) is 9.29. The zero-order valence-corrected chi connectivity index (χ0v) is 18.0. The van der Waals surface area contributed by atoms with Gasteiger partial charge in [0.2, 0.25) is 15.9 Å². The Balaban J connectivity index is 1.51. The zero-order valence-electron chi connectivity index (χ0n) is 17.2. The van der Waals surface area contributed by atoms with Gasteiger partial charge >= 0.3 is 0 Å². The van der Waals surface area contributed by atoms with Crippen LogP contribution in [0.4, 0.5) is 17.1 Å². The van der Waals surface area contributed by atoms with Crippen molar-refractivity contribution in [2.24, 2.45) is 0 Å². The maximum absolute atomic E-state index is 12.4. The van der Waals surface area contributed by atoms with E-state index in [2.05, 4.69) is 22.1 Å². The predicted octanol–water partition coefficient (Wildman–Crippen LogP) is 3.14. The summed E-state index contributed by atoms with van der Waals surface area (Å²) < 4.78 is 26.0. The van der Waals surface area contributed by atoms with Gasteiger partial charge < -0.3 is 15.5 Å². The van der Waals surface area contributed by atoms with Crippen molar-refractivity contribution < 1.29 is 13.2 Å². The average molecular weight is 429 g/mol. The third-order valence-corrected chi connectivity index (χ3v) is 6.86. The molecule has 1 fully saturated rings. The SMILES string of the molecule is C=CCN(C)S(=O)(=O)c1ccc(NCC(=O)Nc2ccc(N3CCCC3)cc2)cc1. The van der Waals surface area contributed by atoms with Gasteiger partial charge in [0.05, 0.1) is 11.4 Å². The molecule has 30 heavy (non-hydrogen) atoms. The minimum Gasteiger partial charge on any atom is -0.376 e. The fourth-order valence-corrected chi connectivity index (χ4v) is 4.46. The molecule has 0 aliphatic carbocycles. The van der Waals surface area contributed by atoms with Crippen molar-refractivity contribution in [3.05, 3.63) is 61.2 Å². The smallest absolute Gasteiger partial charge is 0.243 e. The Bertz CT molecular complexity index is 966. The number of benzene rings is 2. The minimum absolute atomic E-state index is 0.0797. The van der Waals surface area contributed by atoms with Gasteiger partial charge in [0, 0.05) is 43.7 Å². The van der Waals surface area contributed by atoms with E-state index in [1.807, 2.05) is 24.3 Å². The van der Waals surface area contributed by atoms with Gasteiger partial charge in [0.1, 0.15) is 0 Å². The molecule has 8 heteroatoms. The zero-order chi connectivity index (χ0) is 21.6. The highest BCUT2D eigenvalue weighted by Crippen LogP contribution is 2.22. The van der Waals surface area contributed by atoms with Crippen molar-refractivity contribution in [1.82, 2.24) is 4.31 Å². The van der Waals surface area contributed by atoms with Crippen molar-refractivity contribution in [2.75, 3.05) is 48.8 Å². The Morgan fingerprint density at radius 1 is 1.07 bits per heavy atom. The monoisotopic (exact) mass is 428 g/mol. The van der Waals surface area contributed by atoms with E-state index in [9.17, 15) is 13.2 Å². The van der Waals surface area contributed by atoms with Gasteiger partial charge in [-0.25, -0.2) is 8.42 Å². The first-order valence-corrected chi connectivity index (χ1v) is 11.4. The van der Waals surface area contributed by atoms with Crippen molar-refractivity contribution in [2.45, 2.75) is 17.7 Å². The van der Waals surface area contributed by atoms with Crippen LogP contribution in [0.15, 0.2) is 66.1 Å². The Hall–Kier alpha value is -2.84. The highest BCUT2D eigenvalue weighted by Gasteiger charge is 2.19. The molecule has 0 radical (unpaired) electrons. The summed E-state index contributed by atoms with van der Waals surface area (Å²) in [6.45, 7) is 6.04. The van der Waals surface area contributed by atoms with Crippen molar-refractivity contribution in [3.63, 3.8) is 0 Å². The van der Waals surface area contributed by atoms with E-state index < -0.39 is 10.0 Å². The Morgan fingerprint density at radius 3 is 2.27 bits per heavy atom. The third kappa shape index (κ3) is 5.40. The number of carbonyl (C=O) groups is 1. The van der Waals surface area contributed by atoms with Crippen LogP contribution in [0.5, 0.6) is 0 Å². The summed E-state index contributed by atoms with van der Waals surface area (Å²) >= 11 is 0. The lowest BCUT2D eigenvalue weighted by Crippen LogP contribution is -2.27. The highest BCUT2D eigenvalue weighted by molar-refractivity contribution is 7.89. The first kappa shape index (κ1) is 21.9. The summed E-state index contributed by atoms with van der Waals surface area (Å²) in [6, 6.07) is 14.2. The summed E-state index contributed by atoms with van der Waals surface area (Å²) in [5.74, 6) is -0.175. The van der Waals surface area contributed by atoms with E-state index in [0.717, 1.165) is 18.8 Å². The number of likely N-dealkylation sites (N-methyl/N-ethyl adjacent to an activating group) is 1. The highest BCUT2D eigenvalue weighted by atomic mass is 32.2. The van der Waals surface area contributed by atoms with E-state index in [-0.39, 0.29) is 23.9 Å². The lowest BCUT2D eigenvalue weighted by Gasteiger charge is -2.18. The Kier molecular flexibility index (Phi) is 7.12. The van der Waals surface area contributed by atoms with Crippen LogP contribution in [0.25, 0.3) is 0 Å². The minimum atomic E-state index is -3.55. The Labute approximate surface area is 178 Å². The maximum Gasteiger partial charge on any atom is 0.243 e. The standard InChI is InChI=1S/C22H28N4O3S/c1-3-14-25(2)30(28,29)21-12-8-18(9-13-21)23-17-22(27)24-19-6-10-20(11-7-19)26-15-4-5-16-26/h3,6-13,23H,1,4-5,14-17H2,2H3,(H,24,27). The summed E-state index contributed by atoms with van der Waals surface area (Å²) in [6.07, 6.45) is 3.98. The molecule has 0 spiro atoms.